The summed E-state index contributed by atoms with van der Waals surface area (Å²) in [5.74, 6) is 2.93. The van der Waals surface area contributed by atoms with Crippen molar-refractivity contribution in [2.45, 2.75) is 18.9 Å². The highest BCUT2D eigenvalue weighted by Crippen LogP contribution is 2.44. The van der Waals surface area contributed by atoms with Crippen molar-refractivity contribution in [2.75, 3.05) is 19.6 Å². The van der Waals surface area contributed by atoms with Crippen LogP contribution in [0.4, 0.5) is 0 Å². The molecule has 3 saturated heterocycles. The molecule has 0 spiro atoms. The Balaban J connectivity index is 1.33. The summed E-state index contributed by atoms with van der Waals surface area (Å²) < 4.78 is 6.28. The van der Waals surface area contributed by atoms with Gasteiger partial charge in [-0.15, -0.1) is 10.2 Å². The summed E-state index contributed by atoms with van der Waals surface area (Å²) in [5, 5.41) is 8.67. The number of benzene rings is 1. The highest BCUT2D eigenvalue weighted by molar-refractivity contribution is 5.58. The second kappa shape index (κ2) is 5.31. The minimum atomic E-state index is 0.333. The molecule has 2 unspecified atom stereocenters. The summed E-state index contributed by atoms with van der Waals surface area (Å²) in [6.45, 7) is 3.71. The minimum Gasteiger partial charge on any atom is -0.473 e. The van der Waals surface area contributed by atoms with Gasteiger partial charge in [0.15, 0.2) is 0 Å². The van der Waals surface area contributed by atoms with E-state index >= 15 is 0 Å². The van der Waals surface area contributed by atoms with Gasteiger partial charge in [-0.05, 0) is 24.8 Å². The van der Waals surface area contributed by atoms with Gasteiger partial charge in [0.25, 0.3) is 0 Å². The van der Waals surface area contributed by atoms with Crippen LogP contribution in [0.25, 0.3) is 11.3 Å². The molecule has 4 nitrogen and oxygen atoms in total. The maximum absolute atomic E-state index is 6.28. The van der Waals surface area contributed by atoms with Gasteiger partial charge in [-0.3, -0.25) is 0 Å². The first-order valence-electron chi connectivity index (χ1n) is 8.63. The third-order valence-corrected chi connectivity index (χ3v) is 5.67. The van der Waals surface area contributed by atoms with Crippen molar-refractivity contribution in [1.29, 1.82) is 0 Å². The van der Waals surface area contributed by atoms with Gasteiger partial charge >= 0.3 is 0 Å². The van der Waals surface area contributed by atoms with Crippen LogP contribution >= 0.6 is 0 Å². The van der Waals surface area contributed by atoms with Crippen LogP contribution < -0.4 is 4.74 Å². The number of aromatic nitrogens is 2. The fourth-order valence-electron chi connectivity index (χ4n) is 4.84. The molecule has 6 rings (SSSR count). The molecule has 4 fully saturated rings. The summed E-state index contributed by atoms with van der Waals surface area (Å²) in [7, 11) is 0. The second-order valence-corrected chi connectivity index (χ2v) is 7.28. The maximum atomic E-state index is 6.28. The number of hydrogen-bond donors (Lipinski definition) is 0. The average molecular weight is 307 g/mol. The van der Waals surface area contributed by atoms with Gasteiger partial charge in [-0.25, -0.2) is 0 Å². The van der Waals surface area contributed by atoms with Crippen molar-refractivity contribution >= 4 is 0 Å². The molecule has 4 heterocycles. The van der Waals surface area contributed by atoms with E-state index in [9.17, 15) is 0 Å². The van der Waals surface area contributed by atoms with Gasteiger partial charge in [0, 0.05) is 43.1 Å². The van der Waals surface area contributed by atoms with E-state index in [1.165, 1.54) is 32.5 Å². The number of ether oxygens (including phenoxy) is 1. The zero-order valence-corrected chi connectivity index (χ0v) is 13.1. The Bertz CT molecular complexity index is 658. The molecule has 0 radical (unpaired) electrons. The molecule has 2 aromatic rings. The molecule has 0 amide bonds. The topological polar surface area (TPSA) is 38.2 Å². The molecule has 1 aliphatic carbocycles. The molecule has 3 aliphatic heterocycles. The smallest absolute Gasteiger partial charge is 0.233 e. The van der Waals surface area contributed by atoms with Crippen LogP contribution in [-0.2, 0) is 0 Å². The standard InChI is InChI=1S/C19H21N3O/c1-2-4-14(5-3-1)17-6-7-18(21-20-17)23-19-15-8-13-9-16(19)12-22(10-13)11-15/h1-7,13,15-16,19H,8-12H2. The first-order chi connectivity index (χ1) is 11.3. The van der Waals surface area contributed by atoms with Crippen molar-refractivity contribution in [3.8, 4) is 17.1 Å². The lowest BCUT2D eigenvalue weighted by Crippen LogP contribution is -2.61. The first kappa shape index (κ1) is 13.5. The molecule has 1 aromatic carbocycles. The number of piperidine rings is 3. The molecule has 1 aromatic heterocycles. The van der Waals surface area contributed by atoms with E-state index in [0.717, 1.165) is 17.2 Å². The van der Waals surface area contributed by atoms with Crippen molar-refractivity contribution < 1.29 is 4.74 Å². The Hall–Kier alpha value is -1.94. The Morgan fingerprint density at radius 3 is 2.30 bits per heavy atom. The maximum Gasteiger partial charge on any atom is 0.233 e. The zero-order chi connectivity index (χ0) is 15.2. The highest BCUT2D eigenvalue weighted by Gasteiger charge is 2.48. The Kier molecular flexibility index (Phi) is 3.11. The largest absolute Gasteiger partial charge is 0.473 e. The summed E-state index contributed by atoms with van der Waals surface area (Å²) in [6.07, 6.45) is 2.99. The van der Waals surface area contributed by atoms with Gasteiger partial charge in [-0.2, -0.15) is 0 Å². The van der Waals surface area contributed by atoms with Gasteiger partial charge in [0.2, 0.25) is 5.88 Å². The van der Waals surface area contributed by atoms with Crippen LogP contribution in [0.15, 0.2) is 42.5 Å². The van der Waals surface area contributed by atoms with E-state index in [0.29, 0.717) is 23.8 Å². The lowest BCUT2D eigenvalue weighted by atomic mass is 9.66. The first-order valence-corrected chi connectivity index (χ1v) is 8.63. The number of nitrogens with zero attached hydrogens (tertiary/aromatic N) is 3. The normalized spacial score (nSPS) is 34.5. The molecule has 1 saturated carbocycles. The lowest BCUT2D eigenvalue weighted by Gasteiger charge is -2.55. The Morgan fingerprint density at radius 1 is 0.870 bits per heavy atom. The molecule has 2 atom stereocenters. The summed E-state index contributed by atoms with van der Waals surface area (Å²) in [5.41, 5.74) is 1.99. The van der Waals surface area contributed by atoms with Gasteiger partial charge in [0.1, 0.15) is 6.10 Å². The molecule has 0 N–H and O–H groups in total. The van der Waals surface area contributed by atoms with Gasteiger partial charge < -0.3 is 9.64 Å². The third-order valence-electron chi connectivity index (χ3n) is 5.67. The van der Waals surface area contributed by atoms with Crippen LogP contribution in [0.5, 0.6) is 5.88 Å². The van der Waals surface area contributed by atoms with Crippen LogP contribution in [0.2, 0.25) is 0 Å². The van der Waals surface area contributed by atoms with Crippen LogP contribution in [-0.4, -0.2) is 40.8 Å². The quantitative estimate of drug-likeness (QED) is 0.874. The van der Waals surface area contributed by atoms with Crippen molar-refractivity contribution in [3.05, 3.63) is 42.5 Å². The van der Waals surface area contributed by atoms with Gasteiger partial charge in [-0.1, -0.05) is 30.3 Å². The van der Waals surface area contributed by atoms with Crippen molar-refractivity contribution in [2.24, 2.45) is 17.8 Å². The fraction of sp³-hybridized carbons (Fsp3) is 0.474. The molecule has 4 bridgehead atoms. The van der Waals surface area contributed by atoms with E-state index < -0.39 is 0 Å². The van der Waals surface area contributed by atoms with Crippen LogP contribution in [0, 0.1) is 17.8 Å². The molecule has 4 heteroatoms. The summed E-state index contributed by atoms with van der Waals surface area (Å²) >= 11 is 0. The second-order valence-electron chi connectivity index (χ2n) is 7.28. The van der Waals surface area contributed by atoms with Crippen molar-refractivity contribution in [3.63, 3.8) is 0 Å². The predicted molar refractivity (Wildman–Crippen MR) is 88.0 cm³/mol. The van der Waals surface area contributed by atoms with E-state index in [-0.39, 0.29) is 0 Å². The van der Waals surface area contributed by atoms with Crippen LogP contribution in [0.1, 0.15) is 12.8 Å². The molecular formula is C19H21N3O. The van der Waals surface area contributed by atoms with E-state index in [1.54, 1.807) is 0 Å². The lowest BCUT2D eigenvalue weighted by molar-refractivity contribution is -0.0999. The predicted octanol–water partition coefficient (Wildman–Crippen LogP) is 2.86. The molecule has 23 heavy (non-hydrogen) atoms. The van der Waals surface area contributed by atoms with Gasteiger partial charge in [0.05, 0.1) is 5.69 Å². The zero-order valence-electron chi connectivity index (χ0n) is 13.1. The third kappa shape index (κ3) is 2.41. The number of rotatable bonds is 3. The molecule has 118 valence electrons. The Morgan fingerprint density at radius 2 is 1.65 bits per heavy atom. The monoisotopic (exact) mass is 307 g/mol. The Labute approximate surface area is 136 Å². The summed E-state index contributed by atoms with van der Waals surface area (Å²) in [6, 6.07) is 14.1. The number of hydrogen-bond acceptors (Lipinski definition) is 4. The van der Waals surface area contributed by atoms with Crippen LogP contribution in [0.3, 0.4) is 0 Å². The molecule has 4 aliphatic rings. The minimum absolute atomic E-state index is 0.333. The molecular weight excluding hydrogens is 286 g/mol. The van der Waals surface area contributed by atoms with E-state index in [4.69, 9.17) is 4.74 Å². The van der Waals surface area contributed by atoms with Crippen molar-refractivity contribution in [1.82, 2.24) is 15.1 Å². The van der Waals surface area contributed by atoms with E-state index in [1.807, 2.05) is 30.3 Å². The SMILES string of the molecule is c1ccc(-c2ccc(OC3C4CC5CC3CN(C5)C4)nn2)cc1. The average Bonchev–Trinajstić information content (AvgIpc) is 2.59. The van der Waals surface area contributed by atoms with E-state index in [2.05, 4.69) is 27.2 Å². The fourth-order valence-corrected chi connectivity index (χ4v) is 4.84. The highest BCUT2D eigenvalue weighted by atomic mass is 16.5. The summed E-state index contributed by atoms with van der Waals surface area (Å²) in [4.78, 5) is 2.62.